The number of carbonyl (C=O) groups is 1. The first-order valence-electron chi connectivity index (χ1n) is 16.6. The second kappa shape index (κ2) is 13.0. The molecule has 4 atom stereocenters. The van der Waals surface area contributed by atoms with Crippen LogP contribution in [0.4, 0.5) is 10.1 Å². The van der Waals surface area contributed by atoms with Crippen molar-refractivity contribution in [2.45, 2.75) is 87.9 Å². The van der Waals surface area contributed by atoms with Crippen LogP contribution in [0.2, 0.25) is 10.0 Å². The number of nitrogens with zero attached hydrogens (tertiary/aromatic N) is 1. The Balaban J connectivity index is 1.01. The monoisotopic (exact) mass is 725 g/mol. The quantitative estimate of drug-likeness (QED) is 0.168. The third kappa shape index (κ3) is 6.85. The van der Waals surface area contributed by atoms with Gasteiger partial charge in [-0.3, -0.25) is 4.79 Å². The van der Waals surface area contributed by atoms with Crippen LogP contribution in [0.25, 0.3) is 11.3 Å². The van der Waals surface area contributed by atoms with Crippen molar-refractivity contribution in [3.8, 4) is 11.3 Å². The molecule has 12 heteroatoms. The predicted molar refractivity (Wildman–Crippen MR) is 187 cm³/mol. The van der Waals surface area contributed by atoms with Crippen molar-refractivity contribution in [2.24, 2.45) is 11.8 Å². The second-order valence-corrected chi connectivity index (χ2v) is 16.9. The minimum Gasteiger partial charge on any atom is -0.379 e. The summed E-state index contributed by atoms with van der Waals surface area (Å²) < 4.78 is 55.7. The minimum absolute atomic E-state index is 0.0153. The van der Waals surface area contributed by atoms with Crippen molar-refractivity contribution in [1.82, 2.24) is 9.88 Å². The molecule has 1 amide bonds. The molecule has 49 heavy (non-hydrogen) atoms. The molecular weight excluding hydrogens is 688 g/mol. The van der Waals surface area contributed by atoms with Crippen LogP contribution in [-0.4, -0.2) is 31.6 Å². The van der Waals surface area contributed by atoms with Crippen LogP contribution < -0.4 is 10.0 Å². The van der Waals surface area contributed by atoms with Gasteiger partial charge in [0.2, 0.25) is 0 Å². The van der Waals surface area contributed by atoms with Gasteiger partial charge in [0.15, 0.2) is 0 Å². The van der Waals surface area contributed by atoms with Crippen LogP contribution in [0.15, 0.2) is 70.1 Å². The lowest BCUT2D eigenvalue weighted by atomic mass is 9.87. The van der Waals surface area contributed by atoms with Crippen molar-refractivity contribution in [1.29, 1.82) is 0 Å². The number of sulfonamides is 1. The van der Waals surface area contributed by atoms with Gasteiger partial charge in [-0.05, 0) is 91.5 Å². The maximum atomic E-state index is 15.4. The number of carbonyl (C=O) groups excluding carboxylic acids is 1. The maximum Gasteiger partial charge on any atom is 0.265 e. The molecule has 2 bridgehead atoms. The first-order valence-corrected chi connectivity index (χ1v) is 18.8. The van der Waals surface area contributed by atoms with E-state index in [4.69, 9.17) is 32.5 Å². The molecule has 0 radical (unpaired) electrons. The fourth-order valence-corrected chi connectivity index (χ4v) is 8.80. The first-order chi connectivity index (χ1) is 23.3. The van der Waals surface area contributed by atoms with Crippen LogP contribution in [-0.2, 0) is 26.8 Å². The number of halogens is 3. The van der Waals surface area contributed by atoms with Gasteiger partial charge in [0.25, 0.3) is 15.9 Å². The number of amides is 1. The topological polar surface area (TPSA) is 111 Å². The number of fused-ring (bicyclic) bond motifs is 2. The number of nitrogens with one attached hydrogen (secondary N) is 2. The lowest BCUT2D eigenvalue weighted by molar-refractivity contribution is 0.00411. The molecule has 0 aliphatic heterocycles. The van der Waals surface area contributed by atoms with E-state index in [1.54, 1.807) is 30.3 Å². The average Bonchev–Trinajstić information content (AvgIpc) is 3.60. The molecule has 1 heterocycles. The van der Waals surface area contributed by atoms with Gasteiger partial charge in [0.1, 0.15) is 17.3 Å². The lowest BCUT2D eigenvalue weighted by Gasteiger charge is -2.24. The summed E-state index contributed by atoms with van der Waals surface area (Å²) in [6.45, 7) is 6.37. The Labute approximate surface area is 295 Å². The molecule has 3 fully saturated rings. The molecule has 3 aliphatic rings. The van der Waals surface area contributed by atoms with E-state index in [2.05, 4.69) is 15.2 Å². The maximum absolute atomic E-state index is 15.4. The molecule has 7 rings (SSSR count). The van der Waals surface area contributed by atoms with Crippen molar-refractivity contribution in [2.75, 3.05) is 5.32 Å². The molecule has 0 spiro atoms. The van der Waals surface area contributed by atoms with E-state index in [0.717, 1.165) is 55.1 Å². The number of ether oxygens (including phenoxy) is 1. The van der Waals surface area contributed by atoms with Crippen LogP contribution in [0.1, 0.15) is 86.0 Å². The van der Waals surface area contributed by atoms with Crippen molar-refractivity contribution in [3.63, 3.8) is 0 Å². The minimum atomic E-state index is -4.15. The van der Waals surface area contributed by atoms with Gasteiger partial charge in [-0.15, -0.1) is 0 Å². The molecule has 258 valence electrons. The average molecular weight is 727 g/mol. The van der Waals surface area contributed by atoms with Gasteiger partial charge < -0.3 is 14.6 Å². The van der Waals surface area contributed by atoms with E-state index >= 15 is 4.39 Å². The van der Waals surface area contributed by atoms with Crippen molar-refractivity contribution in [3.05, 3.63) is 99.0 Å². The number of anilines is 1. The van der Waals surface area contributed by atoms with E-state index < -0.39 is 21.7 Å². The summed E-state index contributed by atoms with van der Waals surface area (Å²) in [5, 5.41) is 8.73. The molecule has 4 aromatic rings. The normalized spacial score (nSPS) is 22.0. The molecule has 8 nitrogen and oxygen atoms in total. The van der Waals surface area contributed by atoms with E-state index in [0.29, 0.717) is 33.8 Å². The second-order valence-electron chi connectivity index (χ2n) is 14.4. The number of hydrogen-bond acceptors (Lipinski definition) is 7. The van der Waals surface area contributed by atoms with Gasteiger partial charge in [0.05, 0.1) is 33.3 Å². The summed E-state index contributed by atoms with van der Waals surface area (Å²) in [6, 6.07) is 15.7. The number of aromatic nitrogens is 1. The molecule has 0 saturated heterocycles. The largest absolute Gasteiger partial charge is 0.379 e. The number of rotatable bonds is 10. The van der Waals surface area contributed by atoms with E-state index in [9.17, 15) is 13.2 Å². The fraction of sp³-hybridized carbons (Fsp3) is 0.405. The Morgan fingerprint density at radius 2 is 1.73 bits per heavy atom. The standard InChI is InChI=1S/C37H38Cl2FN3O5S/c1-37(2,3)23-11-13-24(14-12-23)49(45,46)43-36(44)22-10-16-30(29(40)17-22)41-33-21-9-15-25(33)31(18-21)47-19-26-34(42-48-35(26)20-7-8-20)32-27(38)5-4-6-28(32)39/h4-6,10-14,16-17,20-21,25,31,33,41H,7-9,15,18-19H2,1-3H3,(H,43,44)/t21?,25-,31?,33?/m0/s1. The summed E-state index contributed by atoms with van der Waals surface area (Å²) in [7, 11) is -4.15. The molecule has 2 N–H and O–H groups in total. The molecular formula is C37H38Cl2FN3O5S. The highest BCUT2D eigenvalue weighted by Crippen LogP contribution is 2.50. The Kier molecular flexibility index (Phi) is 9.05. The Hall–Kier alpha value is -3.44. The Morgan fingerprint density at radius 3 is 2.39 bits per heavy atom. The zero-order valence-electron chi connectivity index (χ0n) is 27.4. The van der Waals surface area contributed by atoms with E-state index in [1.807, 2.05) is 20.8 Å². The van der Waals surface area contributed by atoms with Gasteiger partial charge in [-0.1, -0.05) is 67.3 Å². The van der Waals surface area contributed by atoms with Gasteiger partial charge in [-0.25, -0.2) is 17.5 Å². The first kappa shape index (κ1) is 34.0. The van der Waals surface area contributed by atoms with Crippen LogP contribution >= 0.6 is 23.2 Å². The summed E-state index contributed by atoms with van der Waals surface area (Å²) in [6.07, 6.45) is 4.77. The molecule has 3 saturated carbocycles. The number of hydrogen-bond donors (Lipinski definition) is 2. The highest BCUT2D eigenvalue weighted by atomic mass is 35.5. The fourth-order valence-electron chi connectivity index (χ4n) is 7.25. The zero-order chi connectivity index (χ0) is 34.7. The highest BCUT2D eigenvalue weighted by molar-refractivity contribution is 7.90. The summed E-state index contributed by atoms with van der Waals surface area (Å²) in [5.41, 5.74) is 3.07. The molecule has 3 aliphatic carbocycles. The zero-order valence-corrected chi connectivity index (χ0v) is 29.8. The summed E-state index contributed by atoms with van der Waals surface area (Å²) in [5.74, 6) is 0.0263. The summed E-state index contributed by atoms with van der Waals surface area (Å²) >= 11 is 13.1. The Bertz CT molecular complexity index is 1990. The van der Waals surface area contributed by atoms with Crippen LogP contribution in [0.3, 0.4) is 0 Å². The molecule has 1 aromatic heterocycles. The number of benzene rings is 3. The smallest absolute Gasteiger partial charge is 0.265 e. The van der Waals surface area contributed by atoms with E-state index in [1.165, 1.54) is 24.3 Å². The molecule has 3 unspecified atom stereocenters. The predicted octanol–water partition coefficient (Wildman–Crippen LogP) is 8.88. The van der Waals surface area contributed by atoms with Crippen LogP contribution in [0, 0.1) is 17.7 Å². The third-order valence-corrected chi connectivity index (χ3v) is 12.0. The SMILES string of the molecule is CC(C)(C)c1ccc(S(=O)(=O)NC(=O)c2ccc(NC3C4CC[C@H]3C(OCc3c(-c5c(Cl)cccc5Cl)noc3C3CC3)C4)c(F)c2)cc1. The molecule has 3 aromatic carbocycles. The Morgan fingerprint density at radius 1 is 1.02 bits per heavy atom. The van der Waals surface area contributed by atoms with Gasteiger partial charge >= 0.3 is 0 Å². The van der Waals surface area contributed by atoms with Crippen LogP contribution in [0.5, 0.6) is 0 Å². The van der Waals surface area contributed by atoms with Crippen molar-refractivity contribution < 1.29 is 26.9 Å². The summed E-state index contributed by atoms with van der Waals surface area (Å²) in [4.78, 5) is 12.9. The van der Waals surface area contributed by atoms with Crippen molar-refractivity contribution >= 4 is 44.8 Å². The lowest BCUT2D eigenvalue weighted by Crippen LogP contribution is -2.31. The van der Waals surface area contributed by atoms with Gasteiger partial charge in [-0.2, -0.15) is 0 Å². The highest BCUT2D eigenvalue weighted by Gasteiger charge is 2.49. The van der Waals surface area contributed by atoms with E-state index in [-0.39, 0.29) is 45.5 Å². The third-order valence-electron chi connectivity index (χ3n) is 10.1. The van der Waals surface area contributed by atoms with Gasteiger partial charge in [0, 0.05) is 34.6 Å².